The molecule has 1 unspecified atom stereocenters. The second-order valence-electron chi connectivity index (χ2n) is 10.1. The third-order valence-electron chi connectivity index (χ3n) is 6.15. The van der Waals surface area contributed by atoms with Crippen LogP contribution in [0.1, 0.15) is 71.1 Å². The number of anilines is 1. The van der Waals surface area contributed by atoms with Crippen molar-refractivity contribution in [1.82, 2.24) is 14.7 Å². The van der Waals surface area contributed by atoms with Gasteiger partial charge in [-0.25, -0.2) is 4.68 Å². The summed E-state index contributed by atoms with van der Waals surface area (Å²) in [4.78, 5) is 28.5. The molecule has 0 aliphatic carbocycles. The second-order valence-corrected chi connectivity index (χ2v) is 10.5. The molecule has 0 aliphatic heterocycles. The zero-order valence-corrected chi connectivity index (χ0v) is 22.7. The van der Waals surface area contributed by atoms with Crippen molar-refractivity contribution in [2.45, 2.75) is 65.2 Å². The third-order valence-corrected chi connectivity index (χ3v) is 6.40. The Morgan fingerprint density at radius 3 is 2.31 bits per heavy atom. The van der Waals surface area contributed by atoms with E-state index in [2.05, 4.69) is 33.0 Å². The summed E-state index contributed by atoms with van der Waals surface area (Å²) in [6.45, 7) is 10.8. The van der Waals surface area contributed by atoms with Crippen molar-refractivity contribution in [2.24, 2.45) is 0 Å². The smallest absolute Gasteiger partial charge is 0.245 e. The van der Waals surface area contributed by atoms with Crippen LogP contribution in [0.4, 0.5) is 5.82 Å². The molecule has 0 saturated heterocycles. The highest BCUT2D eigenvalue weighted by Crippen LogP contribution is 2.27. The van der Waals surface area contributed by atoms with Crippen molar-refractivity contribution >= 4 is 29.2 Å². The SMILES string of the molecule is CCCCN(CC(=O)Nc1cc(C(C)(C)C)nn1-c1ccc(Cl)cc1)C(=O)C(CC)c1ccccc1. The van der Waals surface area contributed by atoms with Gasteiger partial charge >= 0.3 is 0 Å². The molecule has 1 aromatic heterocycles. The van der Waals surface area contributed by atoms with Gasteiger partial charge in [-0.1, -0.05) is 83.0 Å². The largest absolute Gasteiger partial charge is 0.333 e. The van der Waals surface area contributed by atoms with Gasteiger partial charge in [0, 0.05) is 23.0 Å². The molecule has 0 saturated carbocycles. The fraction of sp³-hybridized carbons (Fsp3) is 0.414. The van der Waals surface area contributed by atoms with Gasteiger partial charge in [-0.2, -0.15) is 5.10 Å². The molecule has 0 spiro atoms. The first-order chi connectivity index (χ1) is 17.1. The van der Waals surface area contributed by atoms with E-state index in [1.54, 1.807) is 21.7 Å². The molecule has 36 heavy (non-hydrogen) atoms. The van der Waals surface area contributed by atoms with Gasteiger partial charge in [0.1, 0.15) is 5.82 Å². The second kappa shape index (κ2) is 12.2. The van der Waals surface area contributed by atoms with E-state index < -0.39 is 0 Å². The molecular weight excluding hydrogens is 472 g/mol. The number of nitrogens with one attached hydrogen (secondary N) is 1. The first kappa shape index (κ1) is 27.5. The molecule has 1 N–H and O–H groups in total. The summed E-state index contributed by atoms with van der Waals surface area (Å²) in [7, 11) is 0. The van der Waals surface area contributed by atoms with Crippen LogP contribution in [0, 0.1) is 0 Å². The van der Waals surface area contributed by atoms with Gasteiger partial charge in [-0.15, -0.1) is 0 Å². The summed E-state index contributed by atoms with van der Waals surface area (Å²) in [5.74, 6) is 0.0139. The molecule has 2 amide bonds. The number of hydrogen-bond acceptors (Lipinski definition) is 3. The van der Waals surface area contributed by atoms with Gasteiger partial charge in [0.2, 0.25) is 11.8 Å². The molecule has 6 nitrogen and oxygen atoms in total. The highest BCUT2D eigenvalue weighted by Gasteiger charge is 2.27. The van der Waals surface area contributed by atoms with Crippen LogP contribution < -0.4 is 5.32 Å². The number of benzene rings is 2. The Labute approximate surface area is 219 Å². The molecule has 3 aromatic rings. The van der Waals surface area contributed by atoms with E-state index in [4.69, 9.17) is 16.7 Å². The van der Waals surface area contributed by atoms with E-state index in [0.717, 1.165) is 29.8 Å². The summed E-state index contributed by atoms with van der Waals surface area (Å²) in [6, 6.07) is 19.0. The molecule has 0 aliphatic rings. The number of carbonyl (C=O) groups excluding carboxylic acids is 2. The van der Waals surface area contributed by atoms with Crippen molar-refractivity contribution < 1.29 is 9.59 Å². The summed E-state index contributed by atoms with van der Waals surface area (Å²) in [5, 5.41) is 8.39. The van der Waals surface area contributed by atoms with E-state index in [1.807, 2.05) is 55.5 Å². The van der Waals surface area contributed by atoms with E-state index in [9.17, 15) is 9.59 Å². The quantitative estimate of drug-likeness (QED) is 0.336. The van der Waals surface area contributed by atoms with E-state index in [1.165, 1.54) is 0 Å². The highest BCUT2D eigenvalue weighted by atomic mass is 35.5. The predicted molar refractivity (Wildman–Crippen MR) is 147 cm³/mol. The Morgan fingerprint density at radius 1 is 1.06 bits per heavy atom. The highest BCUT2D eigenvalue weighted by molar-refractivity contribution is 6.30. The monoisotopic (exact) mass is 508 g/mol. The van der Waals surface area contributed by atoms with Crippen LogP contribution in [0.25, 0.3) is 5.69 Å². The van der Waals surface area contributed by atoms with Gasteiger partial charge in [-0.3, -0.25) is 9.59 Å². The molecule has 7 heteroatoms. The average molecular weight is 509 g/mol. The maximum Gasteiger partial charge on any atom is 0.245 e. The molecule has 0 bridgehead atoms. The molecule has 192 valence electrons. The van der Waals surface area contributed by atoms with Crippen LogP contribution in [-0.2, 0) is 15.0 Å². The minimum Gasteiger partial charge on any atom is -0.333 e. The fourth-order valence-corrected chi connectivity index (χ4v) is 4.17. The van der Waals surface area contributed by atoms with Gasteiger partial charge in [0.25, 0.3) is 0 Å². The summed E-state index contributed by atoms with van der Waals surface area (Å²) in [6.07, 6.45) is 2.44. The minimum absolute atomic E-state index is 0.0151. The number of halogens is 1. The number of amides is 2. The Morgan fingerprint density at radius 2 is 1.72 bits per heavy atom. The zero-order valence-electron chi connectivity index (χ0n) is 21.9. The standard InChI is InChI=1S/C29H37ClN4O2/c1-6-8-18-33(28(36)24(7-2)21-12-10-9-11-13-21)20-27(35)31-26-19-25(29(3,4)5)32-34(26)23-16-14-22(30)15-17-23/h9-17,19,24H,6-8,18,20H2,1-5H3,(H,31,35). The van der Waals surface area contributed by atoms with E-state index in [-0.39, 0.29) is 29.7 Å². The van der Waals surface area contributed by atoms with Crippen LogP contribution in [0.2, 0.25) is 5.02 Å². The van der Waals surface area contributed by atoms with Gasteiger partial charge in [0.05, 0.1) is 23.8 Å². The van der Waals surface area contributed by atoms with Crippen LogP contribution in [0.15, 0.2) is 60.7 Å². The molecule has 0 radical (unpaired) electrons. The van der Waals surface area contributed by atoms with Crippen molar-refractivity contribution in [3.05, 3.63) is 76.9 Å². The van der Waals surface area contributed by atoms with Crippen molar-refractivity contribution in [1.29, 1.82) is 0 Å². The van der Waals surface area contributed by atoms with Crippen LogP contribution >= 0.6 is 11.6 Å². The summed E-state index contributed by atoms with van der Waals surface area (Å²) < 4.78 is 1.71. The molecular formula is C29H37ClN4O2. The number of hydrogen-bond donors (Lipinski definition) is 1. The van der Waals surface area contributed by atoms with Crippen LogP contribution in [-0.4, -0.2) is 39.6 Å². The third kappa shape index (κ3) is 6.97. The molecule has 1 atom stereocenters. The lowest BCUT2D eigenvalue weighted by atomic mass is 9.92. The van der Waals surface area contributed by atoms with Gasteiger partial charge < -0.3 is 10.2 Å². The maximum absolute atomic E-state index is 13.5. The number of unbranched alkanes of at least 4 members (excludes halogenated alkanes) is 1. The normalized spacial score (nSPS) is 12.3. The van der Waals surface area contributed by atoms with E-state index in [0.29, 0.717) is 23.8 Å². The number of carbonyl (C=O) groups is 2. The molecule has 3 rings (SSSR count). The lowest BCUT2D eigenvalue weighted by Crippen LogP contribution is -2.41. The van der Waals surface area contributed by atoms with E-state index >= 15 is 0 Å². The van der Waals surface area contributed by atoms with Gasteiger partial charge in [0.15, 0.2) is 0 Å². The first-order valence-electron chi connectivity index (χ1n) is 12.6. The number of nitrogens with zero attached hydrogens (tertiary/aromatic N) is 3. The molecule has 0 fully saturated rings. The minimum atomic E-state index is -0.275. The maximum atomic E-state index is 13.5. The fourth-order valence-electron chi connectivity index (χ4n) is 4.05. The van der Waals surface area contributed by atoms with Crippen molar-refractivity contribution in [3.63, 3.8) is 0 Å². The van der Waals surface area contributed by atoms with Crippen molar-refractivity contribution in [3.8, 4) is 5.69 Å². The van der Waals surface area contributed by atoms with Crippen LogP contribution in [0.3, 0.4) is 0 Å². The Kier molecular flexibility index (Phi) is 9.32. The number of rotatable bonds is 10. The summed E-state index contributed by atoms with van der Waals surface area (Å²) in [5.41, 5.74) is 2.41. The molecule has 1 heterocycles. The van der Waals surface area contributed by atoms with Gasteiger partial charge in [-0.05, 0) is 42.7 Å². The Bertz CT molecular complexity index is 1150. The predicted octanol–water partition coefficient (Wildman–Crippen LogP) is 6.58. The lowest BCUT2D eigenvalue weighted by Gasteiger charge is -2.27. The topological polar surface area (TPSA) is 67.2 Å². The average Bonchev–Trinajstić information content (AvgIpc) is 3.27. The summed E-state index contributed by atoms with van der Waals surface area (Å²) >= 11 is 6.07. The first-order valence-corrected chi connectivity index (χ1v) is 13.0. The van der Waals surface area contributed by atoms with Crippen LogP contribution in [0.5, 0.6) is 0 Å². The number of aromatic nitrogens is 2. The zero-order chi connectivity index (χ0) is 26.3. The van der Waals surface area contributed by atoms with Crippen molar-refractivity contribution in [2.75, 3.05) is 18.4 Å². The Hall–Kier alpha value is -3.12. The lowest BCUT2D eigenvalue weighted by molar-refractivity contribution is -0.136. The Balaban J connectivity index is 1.85. The molecule has 2 aromatic carbocycles.